The Labute approximate surface area is 169 Å². The van der Waals surface area contributed by atoms with Crippen LogP contribution in [0.2, 0.25) is 0 Å². The summed E-state index contributed by atoms with van der Waals surface area (Å²) in [5.74, 6) is 0.511. The minimum absolute atomic E-state index is 0.00992. The third-order valence-electron chi connectivity index (χ3n) is 3.76. The van der Waals surface area contributed by atoms with Gasteiger partial charge in [0.05, 0.1) is 7.11 Å². The summed E-state index contributed by atoms with van der Waals surface area (Å²) in [4.78, 5) is 12.3. The number of hydrogen-bond acceptors (Lipinski definition) is 6. The highest BCUT2D eigenvalue weighted by Crippen LogP contribution is 2.51. The molecule has 0 aliphatic rings. The molecule has 149 valence electrons. The van der Waals surface area contributed by atoms with Crippen molar-refractivity contribution >= 4 is 13.6 Å². The molecule has 0 aliphatic heterocycles. The predicted molar refractivity (Wildman–Crippen MR) is 109 cm³/mol. The first-order valence-electron chi connectivity index (χ1n) is 8.81. The number of rotatable bonds is 9. The van der Waals surface area contributed by atoms with Crippen molar-refractivity contribution in [2.45, 2.75) is 6.61 Å². The van der Waals surface area contributed by atoms with Crippen LogP contribution in [-0.4, -0.2) is 13.1 Å². The molecule has 0 aromatic heterocycles. The molecule has 29 heavy (non-hydrogen) atoms. The van der Waals surface area contributed by atoms with Crippen molar-refractivity contribution in [2.24, 2.45) is 0 Å². The number of methoxy groups -OCH3 is 1. The summed E-state index contributed by atoms with van der Waals surface area (Å²) in [6, 6.07) is 24.0. The fourth-order valence-electron chi connectivity index (χ4n) is 2.37. The Balaban J connectivity index is 1.67. The van der Waals surface area contributed by atoms with E-state index in [4.69, 9.17) is 18.5 Å². The molecule has 3 aromatic carbocycles. The quantitative estimate of drug-likeness (QED) is 0.354. The zero-order chi connectivity index (χ0) is 20.5. The van der Waals surface area contributed by atoms with Crippen molar-refractivity contribution in [1.82, 2.24) is 0 Å². The van der Waals surface area contributed by atoms with Gasteiger partial charge in [-0.05, 0) is 42.0 Å². The molecule has 0 unspecified atom stereocenters. The van der Waals surface area contributed by atoms with Crippen LogP contribution in [0.4, 0.5) is 0 Å². The monoisotopic (exact) mass is 411 g/mol. The molecule has 7 heteroatoms. The molecule has 0 amide bonds. The minimum Gasteiger partial charge on any atom is -0.497 e. The second-order valence-electron chi connectivity index (χ2n) is 5.93. The number of benzene rings is 3. The molecule has 0 saturated heterocycles. The van der Waals surface area contributed by atoms with E-state index in [9.17, 15) is 9.36 Å². The largest absolute Gasteiger partial charge is 0.497 e. The Bertz CT molecular complexity index is 912. The molecule has 0 heterocycles. The van der Waals surface area contributed by atoms with Crippen LogP contribution in [0.1, 0.15) is 5.56 Å². The highest BCUT2D eigenvalue weighted by molar-refractivity contribution is 7.58. The molecule has 0 atom stereocenters. The third-order valence-corrected chi connectivity index (χ3v) is 5.21. The lowest BCUT2D eigenvalue weighted by molar-refractivity contribution is -0.140. The van der Waals surface area contributed by atoms with E-state index in [-0.39, 0.29) is 6.61 Å². The van der Waals surface area contributed by atoms with Crippen LogP contribution in [0.5, 0.6) is 17.2 Å². The number of para-hydroxylation sites is 2. The summed E-state index contributed by atoms with van der Waals surface area (Å²) in [6.45, 7) is 0.00992. The summed E-state index contributed by atoms with van der Waals surface area (Å²) in [7, 11) is -2.40. The van der Waals surface area contributed by atoms with E-state index < -0.39 is 13.6 Å². The van der Waals surface area contributed by atoms with Gasteiger partial charge in [0.15, 0.2) is 0 Å². The molecule has 0 spiro atoms. The summed E-state index contributed by atoms with van der Waals surface area (Å²) in [5, 5.41) is 0. The van der Waals surface area contributed by atoms with Crippen molar-refractivity contribution in [3.63, 3.8) is 0 Å². The van der Waals surface area contributed by atoms with Gasteiger partial charge in [-0.25, -0.2) is 4.57 Å². The SMILES string of the molecule is COc1ccc(COC(=O)[CH]P(=O)(Oc2ccccc2)Oc2ccccc2)cc1. The van der Waals surface area contributed by atoms with E-state index in [0.29, 0.717) is 17.2 Å². The van der Waals surface area contributed by atoms with Gasteiger partial charge >= 0.3 is 13.6 Å². The first-order chi connectivity index (χ1) is 14.1. The van der Waals surface area contributed by atoms with E-state index in [1.54, 1.807) is 92.0 Å². The number of carbonyl (C=O) groups is 1. The number of carbonyl (C=O) groups excluding carboxylic acids is 1. The van der Waals surface area contributed by atoms with Crippen molar-refractivity contribution in [1.29, 1.82) is 0 Å². The van der Waals surface area contributed by atoms with Crippen LogP contribution >= 0.6 is 7.60 Å². The molecule has 3 rings (SSSR count). The predicted octanol–water partition coefficient (Wildman–Crippen LogP) is 5.25. The zero-order valence-electron chi connectivity index (χ0n) is 15.8. The molecule has 0 fully saturated rings. The maximum Gasteiger partial charge on any atom is 0.446 e. The van der Waals surface area contributed by atoms with Gasteiger partial charge in [-0.1, -0.05) is 48.5 Å². The molecule has 1 radical (unpaired) electrons. The van der Waals surface area contributed by atoms with E-state index in [1.165, 1.54) is 0 Å². The van der Waals surface area contributed by atoms with Crippen molar-refractivity contribution in [2.75, 3.05) is 7.11 Å². The van der Waals surface area contributed by atoms with E-state index in [2.05, 4.69) is 0 Å². The molecule has 0 bridgehead atoms. The van der Waals surface area contributed by atoms with Crippen molar-refractivity contribution in [3.8, 4) is 17.2 Å². The minimum atomic E-state index is -3.97. The first kappa shape index (κ1) is 20.5. The summed E-state index contributed by atoms with van der Waals surface area (Å²) in [6.07, 6.45) is 0.844. The molecule has 0 aliphatic carbocycles. The number of ether oxygens (including phenoxy) is 2. The molecule has 0 saturated carbocycles. The summed E-state index contributed by atoms with van der Waals surface area (Å²) >= 11 is 0. The second-order valence-corrected chi connectivity index (χ2v) is 7.64. The van der Waals surface area contributed by atoms with Crippen LogP contribution < -0.4 is 13.8 Å². The van der Waals surface area contributed by atoms with Gasteiger partial charge in [-0.2, -0.15) is 0 Å². The van der Waals surface area contributed by atoms with Crippen LogP contribution in [0.25, 0.3) is 0 Å². The standard InChI is InChI=1S/C22H20O6P/c1-25-19-14-12-18(13-15-19)16-26-22(23)17-29(24,27-20-8-4-2-5-9-20)28-21-10-6-3-7-11-21/h2-15,17H,16H2,1H3. The van der Waals surface area contributed by atoms with Gasteiger partial charge < -0.3 is 18.5 Å². The van der Waals surface area contributed by atoms with Gasteiger partial charge in [0.2, 0.25) is 6.16 Å². The van der Waals surface area contributed by atoms with Crippen molar-refractivity contribution < 1.29 is 27.9 Å². The van der Waals surface area contributed by atoms with Gasteiger partial charge in [0, 0.05) is 0 Å². The maximum absolute atomic E-state index is 13.2. The van der Waals surface area contributed by atoms with Crippen LogP contribution in [-0.2, 0) is 20.7 Å². The van der Waals surface area contributed by atoms with E-state index in [0.717, 1.165) is 11.7 Å². The van der Waals surface area contributed by atoms with E-state index >= 15 is 0 Å². The topological polar surface area (TPSA) is 71.1 Å². The molecule has 0 N–H and O–H groups in total. The average molecular weight is 411 g/mol. The summed E-state index contributed by atoms with van der Waals surface area (Å²) in [5.41, 5.74) is 0.760. The number of esters is 1. The molecular formula is C22H20O6P. The van der Waals surface area contributed by atoms with Gasteiger partial charge in [-0.15, -0.1) is 0 Å². The average Bonchev–Trinajstić information content (AvgIpc) is 2.74. The molecule has 3 aromatic rings. The smallest absolute Gasteiger partial charge is 0.446 e. The Hall–Kier alpha value is -3.24. The van der Waals surface area contributed by atoms with Crippen LogP contribution in [0.15, 0.2) is 84.9 Å². The van der Waals surface area contributed by atoms with Gasteiger partial charge in [0.1, 0.15) is 23.9 Å². The Morgan fingerprint density at radius 2 is 1.31 bits per heavy atom. The number of hydrogen-bond donors (Lipinski definition) is 0. The Morgan fingerprint density at radius 1 is 0.793 bits per heavy atom. The molecule has 6 nitrogen and oxygen atoms in total. The Morgan fingerprint density at radius 3 is 1.79 bits per heavy atom. The lowest BCUT2D eigenvalue weighted by Gasteiger charge is -2.19. The summed E-state index contributed by atoms with van der Waals surface area (Å²) < 4.78 is 34.6. The second kappa shape index (κ2) is 9.80. The lowest BCUT2D eigenvalue weighted by atomic mass is 10.2. The first-order valence-corrected chi connectivity index (χ1v) is 10.4. The Kier molecular flexibility index (Phi) is 6.93. The van der Waals surface area contributed by atoms with Gasteiger partial charge in [0.25, 0.3) is 0 Å². The van der Waals surface area contributed by atoms with Crippen LogP contribution in [0, 0.1) is 6.16 Å². The third kappa shape index (κ3) is 6.40. The van der Waals surface area contributed by atoms with E-state index in [1.807, 2.05) is 0 Å². The highest BCUT2D eigenvalue weighted by Gasteiger charge is 2.34. The zero-order valence-corrected chi connectivity index (χ0v) is 16.7. The normalized spacial score (nSPS) is 10.8. The highest BCUT2D eigenvalue weighted by atomic mass is 31.2. The fourth-order valence-corrected chi connectivity index (χ4v) is 3.68. The molecular weight excluding hydrogens is 391 g/mol. The van der Waals surface area contributed by atoms with Gasteiger partial charge in [-0.3, -0.25) is 4.79 Å². The van der Waals surface area contributed by atoms with Crippen LogP contribution in [0.3, 0.4) is 0 Å². The lowest BCUT2D eigenvalue weighted by Crippen LogP contribution is -2.11. The maximum atomic E-state index is 13.2. The van der Waals surface area contributed by atoms with Crippen molar-refractivity contribution in [3.05, 3.63) is 96.7 Å². The fraction of sp³-hybridized carbons (Fsp3) is 0.0909.